The first-order chi connectivity index (χ1) is 8.55. The van der Waals surface area contributed by atoms with Crippen molar-refractivity contribution in [3.05, 3.63) is 16.6 Å². The van der Waals surface area contributed by atoms with Crippen LogP contribution in [0.3, 0.4) is 0 Å². The highest BCUT2D eigenvalue weighted by atomic mass is 32.1. The van der Waals surface area contributed by atoms with E-state index in [1.54, 1.807) is 11.3 Å². The van der Waals surface area contributed by atoms with Crippen LogP contribution in [0, 0.1) is 0 Å². The van der Waals surface area contributed by atoms with Gasteiger partial charge in [-0.15, -0.1) is 11.3 Å². The van der Waals surface area contributed by atoms with Gasteiger partial charge < -0.3 is 5.32 Å². The number of aromatic nitrogens is 1. The minimum absolute atomic E-state index is 0.0603. The van der Waals surface area contributed by atoms with Crippen molar-refractivity contribution in [1.82, 2.24) is 15.2 Å². The molecule has 2 atom stereocenters. The summed E-state index contributed by atoms with van der Waals surface area (Å²) in [6.45, 7) is 11.4. The summed E-state index contributed by atoms with van der Waals surface area (Å²) in [6, 6.07) is 1.30. The SMILES string of the molecule is CCNC1CCN(C(C)(C)c2nccs2)C(C)C1. The van der Waals surface area contributed by atoms with Crippen molar-refractivity contribution < 1.29 is 0 Å². The lowest BCUT2D eigenvalue weighted by Crippen LogP contribution is -2.54. The summed E-state index contributed by atoms with van der Waals surface area (Å²) in [4.78, 5) is 7.12. The molecule has 1 saturated heterocycles. The molecular formula is C14H25N3S. The number of hydrogen-bond donors (Lipinski definition) is 1. The molecule has 1 N–H and O–H groups in total. The van der Waals surface area contributed by atoms with Crippen molar-refractivity contribution in [2.75, 3.05) is 13.1 Å². The highest BCUT2D eigenvalue weighted by Gasteiger charge is 2.37. The normalized spacial score (nSPS) is 26.4. The lowest BCUT2D eigenvalue weighted by atomic mass is 9.91. The quantitative estimate of drug-likeness (QED) is 0.909. The maximum Gasteiger partial charge on any atom is 0.112 e. The standard InChI is InChI=1S/C14H25N3S/c1-5-15-12-6-8-17(11(2)10-12)14(3,4)13-16-7-9-18-13/h7,9,11-12,15H,5-6,8,10H2,1-4H3. The summed E-state index contributed by atoms with van der Waals surface area (Å²) in [7, 11) is 0. The Balaban J connectivity index is 2.06. The van der Waals surface area contributed by atoms with Crippen LogP contribution in [0.2, 0.25) is 0 Å². The third-order valence-electron chi connectivity index (χ3n) is 4.04. The third kappa shape index (κ3) is 2.76. The van der Waals surface area contributed by atoms with Crippen LogP contribution in [0.15, 0.2) is 11.6 Å². The predicted molar refractivity (Wildman–Crippen MR) is 78.0 cm³/mol. The molecule has 0 aromatic carbocycles. The molecule has 2 unspecified atom stereocenters. The first-order valence-corrected chi connectivity index (χ1v) is 7.83. The van der Waals surface area contributed by atoms with Gasteiger partial charge in [-0.1, -0.05) is 6.92 Å². The second-order valence-electron chi connectivity index (χ2n) is 5.72. The molecule has 0 spiro atoms. The average Bonchev–Trinajstić information content (AvgIpc) is 2.83. The minimum atomic E-state index is 0.0603. The molecule has 0 radical (unpaired) electrons. The van der Waals surface area contributed by atoms with Crippen LogP contribution in [0.4, 0.5) is 0 Å². The largest absolute Gasteiger partial charge is 0.314 e. The molecule has 2 rings (SSSR count). The maximum atomic E-state index is 4.51. The minimum Gasteiger partial charge on any atom is -0.314 e. The zero-order valence-corrected chi connectivity index (χ0v) is 12.8. The molecule has 0 saturated carbocycles. The summed E-state index contributed by atoms with van der Waals surface area (Å²) >= 11 is 1.77. The fourth-order valence-corrected chi connectivity index (χ4v) is 3.90. The van der Waals surface area contributed by atoms with E-state index < -0.39 is 0 Å². The number of rotatable bonds is 4. The van der Waals surface area contributed by atoms with Gasteiger partial charge in [-0.05, 0) is 40.2 Å². The number of likely N-dealkylation sites (tertiary alicyclic amines) is 1. The lowest BCUT2D eigenvalue weighted by Gasteiger charge is -2.46. The average molecular weight is 267 g/mol. The van der Waals surface area contributed by atoms with Crippen molar-refractivity contribution in [1.29, 1.82) is 0 Å². The summed E-state index contributed by atoms with van der Waals surface area (Å²) in [5, 5.41) is 6.89. The van der Waals surface area contributed by atoms with Crippen molar-refractivity contribution in [2.45, 2.75) is 58.2 Å². The van der Waals surface area contributed by atoms with Gasteiger partial charge in [-0.3, -0.25) is 4.90 Å². The Morgan fingerprint density at radius 3 is 2.89 bits per heavy atom. The van der Waals surface area contributed by atoms with Crippen molar-refractivity contribution in [3.63, 3.8) is 0 Å². The molecule has 1 aromatic rings. The van der Waals surface area contributed by atoms with Crippen molar-refractivity contribution >= 4 is 11.3 Å². The molecule has 1 aliphatic rings. The van der Waals surface area contributed by atoms with Gasteiger partial charge in [0.25, 0.3) is 0 Å². The van der Waals surface area contributed by atoms with Gasteiger partial charge in [0, 0.05) is 30.2 Å². The van der Waals surface area contributed by atoms with Crippen LogP contribution in [0.1, 0.15) is 45.5 Å². The Morgan fingerprint density at radius 1 is 1.56 bits per heavy atom. The third-order valence-corrected chi connectivity index (χ3v) is 5.13. The summed E-state index contributed by atoms with van der Waals surface area (Å²) in [5.74, 6) is 0. The van der Waals surface area contributed by atoms with Crippen LogP contribution < -0.4 is 5.32 Å². The van der Waals surface area contributed by atoms with E-state index in [9.17, 15) is 0 Å². The first-order valence-electron chi connectivity index (χ1n) is 6.95. The van der Waals surface area contributed by atoms with Gasteiger partial charge in [0.05, 0.1) is 5.54 Å². The summed E-state index contributed by atoms with van der Waals surface area (Å²) < 4.78 is 0. The van der Waals surface area contributed by atoms with Crippen LogP contribution in [-0.2, 0) is 5.54 Å². The molecule has 1 aromatic heterocycles. The number of nitrogens with one attached hydrogen (secondary N) is 1. The van der Waals surface area contributed by atoms with E-state index in [-0.39, 0.29) is 5.54 Å². The molecule has 1 fully saturated rings. The number of hydrogen-bond acceptors (Lipinski definition) is 4. The zero-order chi connectivity index (χ0) is 13.2. The van der Waals surface area contributed by atoms with Gasteiger partial charge in [-0.25, -0.2) is 4.98 Å². The van der Waals surface area contributed by atoms with Gasteiger partial charge in [0.15, 0.2) is 0 Å². The Bertz CT molecular complexity index is 361. The first kappa shape index (κ1) is 14.0. The Morgan fingerprint density at radius 2 is 2.33 bits per heavy atom. The number of piperidine rings is 1. The second kappa shape index (κ2) is 5.68. The number of nitrogens with zero attached hydrogens (tertiary/aromatic N) is 2. The molecule has 2 heterocycles. The number of thiazole rings is 1. The van der Waals surface area contributed by atoms with E-state index in [2.05, 4.69) is 48.3 Å². The molecule has 18 heavy (non-hydrogen) atoms. The zero-order valence-electron chi connectivity index (χ0n) is 11.9. The Hall–Kier alpha value is -0.450. The Kier molecular flexibility index (Phi) is 4.41. The summed E-state index contributed by atoms with van der Waals surface area (Å²) in [6.07, 6.45) is 4.40. The van der Waals surface area contributed by atoms with Crippen LogP contribution >= 0.6 is 11.3 Å². The summed E-state index contributed by atoms with van der Waals surface area (Å²) in [5.41, 5.74) is 0.0603. The van der Waals surface area contributed by atoms with E-state index in [0.29, 0.717) is 12.1 Å². The molecule has 0 amide bonds. The molecule has 1 aliphatic heterocycles. The lowest BCUT2D eigenvalue weighted by molar-refractivity contribution is 0.0345. The van der Waals surface area contributed by atoms with Crippen LogP contribution in [0.5, 0.6) is 0 Å². The van der Waals surface area contributed by atoms with Gasteiger partial charge in [0.2, 0.25) is 0 Å². The van der Waals surface area contributed by atoms with E-state index in [4.69, 9.17) is 0 Å². The van der Waals surface area contributed by atoms with Crippen molar-refractivity contribution in [2.24, 2.45) is 0 Å². The van der Waals surface area contributed by atoms with Crippen LogP contribution in [0.25, 0.3) is 0 Å². The van der Waals surface area contributed by atoms with Gasteiger partial charge in [-0.2, -0.15) is 0 Å². The van der Waals surface area contributed by atoms with Gasteiger partial charge >= 0.3 is 0 Å². The van der Waals surface area contributed by atoms with Gasteiger partial charge in [0.1, 0.15) is 5.01 Å². The molecule has 102 valence electrons. The Labute approximate surface area is 115 Å². The highest BCUT2D eigenvalue weighted by molar-refractivity contribution is 7.09. The molecule has 4 heteroatoms. The maximum absolute atomic E-state index is 4.51. The fourth-order valence-electron chi connectivity index (χ4n) is 3.13. The topological polar surface area (TPSA) is 28.2 Å². The fraction of sp³-hybridized carbons (Fsp3) is 0.786. The van der Waals surface area contributed by atoms with E-state index in [0.717, 1.165) is 13.1 Å². The predicted octanol–water partition coefficient (Wildman–Crippen LogP) is 2.84. The monoisotopic (exact) mass is 267 g/mol. The van der Waals surface area contributed by atoms with Crippen molar-refractivity contribution in [3.8, 4) is 0 Å². The molecular weight excluding hydrogens is 242 g/mol. The smallest absolute Gasteiger partial charge is 0.112 e. The highest BCUT2D eigenvalue weighted by Crippen LogP contribution is 2.34. The van der Waals surface area contributed by atoms with E-state index in [1.807, 2.05) is 6.20 Å². The molecule has 3 nitrogen and oxygen atoms in total. The van der Waals surface area contributed by atoms with E-state index >= 15 is 0 Å². The molecule has 0 bridgehead atoms. The molecule has 0 aliphatic carbocycles. The second-order valence-corrected chi connectivity index (χ2v) is 6.61. The van der Waals surface area contributed by atoms with Crippen LogP contribution in [-0.4, -0.2) is 35.1 Å². The van der Waals surface area contributed by atoms with E-state index in [1.165, 1.54) is 17.8 Å².